The number of pyridine rings is 1. The summed E-state index contributed by atoms with van der Waals surface area (Å²) in [5.41, 5.74) is 3.17. The molecule has 0 N–H and O–H groups in total. The molecule has 3 aromatic rings. The van der Waals surface area contributed by atoms with Crippen molar-refractivity contribution in [2.45, 2.75) is 32.8 Å². The van der Waals surface area contributed by atoms with Crippen LogP contribution in [0.4, 0.5) is 0 Å². The van der Waals surface area contributed by atoms with Gasteiger partial charge in [0.1, 0.15) is 11.9 Å². The molecule has 1 fully saturated rings. The van der Waals surface area contributed by atoms with Crippen molar-refractivity contribution in [2.75, 3.05) is 13.1 Å². The molecule has 0 unspecified atom stereocenters. The van der Waals surface area contributed by atoms with E-state index in [1.165, 1.54) is 6.07 Å². The van der Waals surface area contributed by atoms with E-state index in [4.69, 9.17) is 4.74 Å². The first-order valence-electron chi connectivity index (χ1n) is 10.2. The average molecular weight is 406 g/mol. The zero-order valence-corrected chi connectivity index (χ0v) is 17.5. The van der Waals surface area contributed by atoms with Crippen LogP contribution in [-0.4, -0.2) is 44.3 Å². The van der Waals surface area contributed by atoms with E-state index in [1.807, 2.05) is 55.1 Å². The minimum absolute atomic E-state index is 0.00226. The second-order valence-electron chi connectivity index (χ2n) is 7.73. The third-order valence-corrected chi connectivity index (χ3v) is 5.75. The van der Waals surface area contributed by atoms with E-state index < -0.39 is 0 Å². The summed E-state index contributed by atoms with van der Waals surface area (Å²) in [4.78, 5) is 26.9. The highest BCUT2D eigenvalue weighted by atomic mass is 16.5. The van der Waals surface area contributed by atoms with Gasteiger partial charge < -0.3 is 14.2 Å². The zero-order chi connectivity index (χ0) is 21.3. The third-order valence-electron chi connectivity index (χ3n) is 5.75. The molecule has 7 nitrogen and oxygen atoms in total. The standard InChI is InChI=1S/C23H26N4O3/c1-16-13-20(14-22(28)25(16)3)30-19-9-11-26(12-10-19)23(29)21-15-24-27(17(21)2)18-7-5-4-6-8-18/h4-8,13-15,19H,9-12H2,1-3H3. The number of nitrogens with zero attached hydrogens (tertiary/aromatic N) is 4. The molecule has 0 bridgehead atoms. The summed E-state index contributed by atoms with van der Waals surface area (Å²) in [5.74, 6) is 0.595. The van der Waals surface area contributed by atoms with Crippen LogP contribution in [-0.2, 0) is 7.05 Å². The van der Waals surface area contributed by atoms with Gasteiger partial charge >= 0.3 is 0 Å². The summed E-state index contributed by atoms with van der Waals surface area (Å²) in [6.07, 6.45) is 3.10. The maximum Gasteiger partial charge on any atom is 0.257 e. The predicted octanol–water partition coefficient (Wildman–Crippen LogP) is 2.87. The molecule has 1 aliphatic heterocycles. The van der Waals surface area contributed by atoms with Gasteiger partial charge in [0.2, 0.25) is 0 Å². The number of rotatable bonds is 4. The molecule has 1 aliphatic rings. The smallest absolute Gasteiger partial charge is 0.257 e. The average Bonchev–Trinajstić information content (AvgIpc) is 3.14. The van der Waals surface area contributed by atoms with Gasteiger partial charge in [0.15, 0.2) is 0 Å². The molecule has 0 radical (unpaired) electrons. The SMILES string of the molecule is Cc1c(C(=O)N2CCC(Oc3cc(C)n(C)c(=O)c3)CC2)cnn1-c1ccccc1. The Hall–Kier alpha value is -3.35. The maximum absolute atomic E-state index is 13.0. The number of hydrogen-bond donors (Lipinski definition) is 0. The summed E-state index contributed by atoms with van der Waals surface area (Å²) in [5, 5.41) is 4.41. The second-order valence-corrected chi connectivity index (χ2v) is 7.73. The van der Waals surface area contributed by atoms with Crippen molar-refractivity contribution >= 4 is 5.91 Å². The van der Waals surface area contributed by atoms with Crippen molar-refractivity contribution in [2.24, 2.45) is 7.05 Å². The molecule has 0 saturated carbocycles. The molecule has 0 atom stereocenters. The highest BCUT2D eigenvalue weighted by Gasteiger charge is 2.27. The predicted molar refractivity (Wildman–Crippen MR) is 114 cm³/mol. The van der Waals surface area contributed by atoms with Crippen LogP contribution in [0.1, 0.15) is 34.6 Å². The number of likely N-dealkylation sites (tertiary alicyclic amines) is 1. The number of hydrogen-bond acceptors (Lipinski definition) is 4. The normalized spacial score (nSPS) is 14.7. The minimum Gasteiger partial charge on any atom is -0.490 e. The summed E-state index contributed by atoms with van der Waals surface area (Å²) in [7, 11) is 1.74. The molecule has 30 heavy (non-hydrogen) atoms. The molecular formula is C23H26N4O3. The minimum atomic E-state index is -0.0801. The molecule has 156 valence electrons. The van der Waals surface area contributed by atoms with Crippen LogP contribution in [0.15, 0.2) is 53.5 Å². The fraction of sp³-hybridized carbons (Fsp3) is 0.348. The van der Waals surface area contributed by atoms with E-state index in [-0.39, 0.29) is 17.6 Å². The van der Waals surface area contributed by atoms with Gasteiger partial charge in [-0.25, -0.2) is 4.68 Å². The van der Waals surface area contributed by atoms with Crippen molar-refractivity contribution in [3.8, 4) is 11.4 Å². The molecule has 3 heterocycles. The number of para-hydroxylation sites is 1. The largest absolute Gasteiger partial charge is 0.490 e. The van der Waals surface area contributed by atoms with Gasteiger partial charge in [0, 0.05) is 44.7 Å². The van der Waals surface area contributed by atoms with Crippen LogP contribution < -0.4 is 10.3 Å². The van der Waals surface area contributed by atoms with Crippen molar-refractivity contribution in [3.05, 3.63) is 76.0 Å². The van der Waals surface area contributed by atoms with Crippen LogP contribution in [0, 0.1) is 13.8 Å². The molecule has 1 saturated heterocycles. The first-order chi connectivity index (χ1) is 14.4. The number of carbonyl (C=O) groups excluding carboxylic acids is 1. The summed E-state index contributed by atoms with van der Waals surface area (Å²) >= 11 is 0. The van der Waals surface area contributed by atoms with Gasteiger partial charge in [0.05, 0.1) is 23.1 Å². The van der Waals surface area contributed by atoms with Crippen LogP contribution >= 0.6 is 0 Å². The van der Waals surface area contributed by atoms with Gasteiger partial charge in [0.25, 0.3) is 11.5 Å². The number of carbonyl (C=O) groups is 1. The van der Waals surface area contributed by atoms with Crippen LogP contribution in [0.3, 0.4) is 0 Å². The Morgan fingerprint density at radius 2 is 1.80 bits per heavy atom. The zero-order valence-electron chi connectivity index (χ0n) is 17.5. The number of amides is 1. The molecule has 0 spiro atoms. The number of ether oxygens (including phenoxy) is 1. The van der Waals surface area contributed by atoms with Crippen molar-refractivity contribution in [1.82, 2.24) is 19.2 Å². The molecule has 7 heteroatoms. The lowest BCUT2D eigenvalue weighted by molar-refractivity contribution is 0.0594. The van der Waals surface area contributed by atoms with Crippen molar-refractivity contribution < 1.29 is 9.53 Å². The molecule has 1 amide bonds. The highest BCUT2D eigenvalue weighted by molar-refractivity contribution is 5.95. The lowest BCUT2D eigenvalue weighted by Crippen LogP contribution is -2.42. The molecule has 1 aromatic carbocycles. The van der Waals surface area contributed by atoms with Gasteiger partial charge in [-0.05, 0) is 32.0 Å². The maximum atomic E-state index is 13.0. The number of aryl methyl sites for hydroxylation is 1. The highest BCUT2D eigenvalue weighted by Crippen LogP contribution is 2.22. The van der Waals surface area contributed by atoms with Gasteiger partial charge in [-0.2, -0.15) is 5.10 Å². The van der Waals surface area contributed by atoms with E-state index in [0.717, 1.165) is 29.9 Å². The van der Waals surface area contributed by atoms with E-state index in [1.54, 1.807) is 22.5 Å². The monoisotopic (exact) mass is 406 g/mol. The van der Waals surface area contributed by atoms with Crippen LogP contribution in [0.2, 0.25) is 0 Å². The molecular weight excluding hydrogens is 380 g/mol. The van der Waals surface area contributed by atoms with Crippen LogP contribution in [0.5, 0.6) is 5.75 Å². The Morgan fingerprint density at radius 3 is 2.47 bits per heavy atom. The summed E-state index contributed by atoms with van der Waals surface area (Å²) in [6.45, 7) is 5.03. The number of piperidine rings is 1. The fourth-order valence-electron chi connectivity index (χ4n) is 3.79. The van der Waals surface area contributed by atoms with Crippen molar-refractivity contribution in [3.63, 3.8) is 0 Å². The Labute approximate surface area is 175 Å². The Kier molecular flexibility index (Phi) is 5.44. The van der Waals surface area contributed by atoms with E-state index >= 15 is 0 Å². The van der Waals surface area contributed by atoms with Gasteiger partial charge in [-0.1, -0.05) is 18.2 Å². The number of benzene rings is 1. The molecule has 2 aromatic heterocycles. The van der Waals surface area contributed by atoms with E-state index in [9.17, 15) is 9.59 Å². The first kappa shape index (κ1) is 19.9. The lowest BCUT2D eigenvalue weighted by Gasteiger charge is -2.32. The van der Waals surface area contributed by atoms with Crippen molar-refractivity contribution in [1.29, 1.82) is 0 Å². The number of aromatic nitrogens is 3. The molecule has 0 aliphatic carbocycles. The summed E-state index contributed by atoms with van der Waals surface area (Å²) in [6, 6.07) is 13.2. The van der Waals surface area contributed by atoms with Gasteiger partial charge in [-0.3, -0.25) is 9.59 Å². The first-order valence-corrected chi connectivity index (χ1v) is 10.2. The Morgan fingerprint density at radius 1 is 1.10 bits per heavy atom. The second kappa shape index (κ2) is 8.18. The molecule has 4 rings (SSSR count). The summed E-state index contributed by atoms with van der Waals surface area (Å²) < 4.78 is 9.41. The van der Waals surface area contributed by atoms with E-state index in [0.29, 0.717) is 24.4 Å². The fourth-order valence-corrected chi connectivity index (χ4v) is 3.79. The Balaban J connectivity index is 1.40. The van der Waals surface area contributed by atoms with Gasteiger partial charge in [-0.15, -0.1) is 0 Å². The quantitative estimate of drug-likeness (QED) is 0.668. The lowest BCUT2D eigenvalue weighted by atomic mass is 10.1. The Bertz CT molecular complexity index is 1110. The third kappa shape index (κ3) is 3.87. The van der Waals surface area contributed by atoms with E-state index in [2.05, 4.69) is 5.10 Å². The van der Waals surface area contributed by atoms with Crippen LogP contribution in [0.25, 0.3) is 5.69 Å². The topological polar surface area (TPSA) is 69.4 Å².